The largest absolute Gasteiger partial charge is 0.465 e. The summed E-state index contributed by atoms with van der Waals surface area (Å²) >= 11 is 0. The van der Waals surface area contributed by atoms with Crippen LogP contribution in [0.1, 0.15) is 27.7 Å². The lowest BCUT2D eigenvalue weighted by atomic mass is 9.94. The summed E-state index contributed by atoms with van der Waals surface area (Å²) in [7, 11) is 1.34. The third-order valence-corrected chi connectivity index (χ3v) is 4.67. The summed E-state index contributed by atoms with van der Waals surface area (Å²) in [6.45, 7) is 0. The van der Waals surface area contributed by atoms with Gasteiger partial charge in [0.25, 0.3) is 0 Å². The summed E-state index contributed by atoms with van der Waals surface area (Å²) < 4.78 is 10.3. The van der Waals surface area contributed by atoms with Gasteiger partial charge < -0.3 is 15.0 Å². The van der Waals surface area contributed by atoms with Gasteiger partial charge in [0.2, 0.25) is 0 Å². The van der Waals surface area contributed by atoms with Gasteiger partial charge in [0.15, 0.2) is 5.58 Å². The molecule has 4 rings (SSSR count). The minimum atomic E-state index is -0.464. The molecule has 4 aromatic rings. The van der Waals surface area contributed by atoms with Crippen molar-refractivity contribution in [1.29, 1.82) is 0 Å². The number of pyridine rings is 1. The van der Waals surface area contributed by atoms with Gasteiger partial charge in [0.05, 0.1) is 12.5 Å². The molecule has 0 aliphatic heterocycles. The number of ether oxygens (including phenoxy) is 1. The van der Waals surface area contributed by atoms with Crippen molar-refractivity contribution in [2.45, 2.75) is 12.5 Å². The van der Waals surface area contributed by atoms with Crippen molar-refractivity contribution in [3.63, 3.8) is 0 Å². The number of carbonyl (C=O) groups excluding carboxylic acids is 1. The van der Waals surface area contributed by atoms with Crippen LogP contribution in [0.25, 0.3) is 22.2 Å². The molecule has 0 bridgehead atoms. The Labute approximate surface area is 161 Å². The van der Waals surface area contributed by atoms with Crippen LogP contribution in [-0.2, 0) is 11.2 Å². The van der Waals surface area contributed by atoms with E-state index in [1.807, 2.05) is 48.5 Å². The third kappa shape index (κ3) is 3.25. The van der Waals surface area contributed by atoms with Crippen molar-refractivity contribution in [1.82, 2.24) is 10.1 Å². The number of carbonyl (C=O) groups is 1. The van der Waals surface area contributed by atoms with E-state index in [1.165, 1.54) is 7.11 Å². The molecular formula is C22H19N3O3. The first-order chi connectivity index (χ1) is 13.7. The number of nitrogens with zero attached hydrogens (tertiary/aromatic N) is 2. The molecule has 1 atom stereocenters. The molecule has 28 heavy (non-hydrogen) atoms. The fourth-order valence-corrected chi connectivity index (χ4v) is 3.32. The molecule has 2 N–H and O–H groups in total. The maximum absolute atomic E-state index is 12.0. The number of hydrogen-bond acceptors (Lipinski definition) is 6. The summed E-state index contributed by atoms with van der Waals surface area (Å²) in [5, 5.41) is 4.98. The second-order valence-electron chi connectivity index (χ2n) is 6.42. The second kappa shape index (κ2) is 7.62. The molecule has 140 valence electrons. The van der Waals surface area contributed by atoms with Crippen molar-refractivity contribution in [3.8, 4) is 11.3 Å². The first-order valence-corrected chi connectivity index (χ1v) is 8.90. The number of nitrogens with two attached hydrogens (primary N) is 1. The molecule has 0 amide bonds. The normalized spacial score (nSPS) is 12.1. The Hall–Kier alpha value is -3.51. The topological polar surface area (TPSA) is 91.2 Å². The van der Waals surface area contributed by atoms with E-state index in [0.717, 1.165) is 22.2 Å². The number of aromatic nitrogens is 2. The second-order valence-corrected chi connectivity index (χ2v) is 6.42. The van der Waals surface area contributed by atoms with E-state index in [2.05, 4.69) is 10.1 Å². The van der Waals surface area contributed by atoms with Crippen LogP contribution in [0.4, 0.5) is 0 Å². The van der Waals surface area contributed by atoms with Gasteiger partial charge in [-0.1, -0.05) is 41.6 Å². The van der Waals surface area contributed by atoms with Crippen molar-refractivity contribution in [3.05, 3.63) is 83.7 Å². The number of hydrogen-bond donors (Lipinski definition) is 1. The average molecular weight is 373 g/mol. The number of fused-ring (bicyclic) bond motifs is 1. The van der Waals surface area contributed by atoms with Crippen LogP contribution in [0.2, 0.25) is 0 Å². The molecule has 0 aliphatic carbocycles. The molecule has 2 heterocycles. The average Bonchev–Trinajstić information content (AvgIpc) is 3.18. The number of para-hydroxylation sites is 1. The number of rotatable bonds is 5. The molecule has 6 nitrogen and oxygen atoms in total. The quantitative estimate of drug-likeness (QED) is 0.533. The molecule has 0 fully saturated rings. The molecule has 6 heteroatoms. The Morgan fingerprint density at radius 2 is 1.93 bits per heavy atom. The first-order valence-electron chi connectivity index (χ1n) is 8.90. The number of methoxy groups -OCH3 is 1. The van der Waals surface area contributed by atoms with Crippen molar-refractivity contribution >= 4 is 16.9 Å². The first kappa shape index (κ1) is 17.9. The molecule has 2 aromatic carbocycles. The summed E-state index contributed by atoms with van der Waals surface area (Å²) in [6, 6.07) is 18.6. The highest BCUT2D eigenvalue weighted by molar-refractivity contribution is 6.05. The molecule has 0 spiro atoms. The van der Waals surface area contributed by atoms with Gasteiger partial charge in [-0.2, -0.15) is 0 Å². The van der Waals surface area contributed by atoms with Gasteiger partial charge in [-0.25, -0.2) is 4.79 Å². The minimum Gasteiger partial charge on any atom is -0.465 e. The van der Waals surface area contributed by atoms with Crippen LogP contribution < -0.4 is 5.73 Å². The number of benzene rings is 2. The lowest BCUT2D eigenvalue weighted by molar-refractivity contribution is 0.0601. The molecule has 0 saturated carbocycles. The zero-order valence-electron chi connectivity index (χ0n) is 15.3. The molecule has 2 aromatic heterocycles. The van der Waals surface area contributed by atoms with Gasteiger partial charge in [-0.05, 0) is 29.8 Å². The van der Waals surface area contributed by atoms with Crippen LogP contribution in [0.5, 0.6) is 0 Å². The molecule has 0 saturated heterocycles. The fraction of sp³-hybridized carbons (Fsp3) is 0.136. The summed E-state index contributed by atoms with van der Waals surface area (Å²) in [5.74, 6) is -0.464. The Morgan fingerprint density at radius 3 is 2.71 bits per heavy atom. The Bertz CT molecular complexity index is 1120. The summed E-state index contributed by atoms with van der Waals surface area (Å²) in [6.07, 6.45) is 2.36. The predicted molar refractivity (Wildman–Crippen MR) is 106 cm³/mol. The van der Waals surface area contributed by atoms with Crippen molar-refractivity contribution in [2.75, 3.05) is 7.11 Å². The molecule has 0 aliphatic rings. The van der Waals surface area contributed by atoms with Crippen LogP contribution >= 0.6 is 0 Å². The molecule has 0 radical (unpaired) electrons. The molecular weight excluding hydrogens is 354 g/mol. The monoisotopic (exact) mass is 373 g/mol. The van der Waals surface area contributed by atoms with Gasteiger partial charge >= 0.3 is 5.97 Å². The maximum atomic E-state index is 12.0. The Morgan fingerprint density at radius 1 is 1.11 bits per heavy atom. The van der Waals surface area contributed by atoms with Crippen LogP contribution in [0, 0.1) is 0 Å². The maximum Gasteiger partial charge on any atom is 0.341 e. The van der Waals surface area contributed by atoms with Gasteiger partial charge in [0.1, 0.15) is 11.3 Å². The van der Waals surface area contributed by atoms with E-state index in [9.17, 15) is 4.79 Å². The standard InChI is InChI=1S/C22H19N3O3/c1-27-22(26)18-11-6-10-17-20(25-28-21(17)18)16-9-3-2-8-15(16)19(23)13-14-7-4-5-12-24-14/h2-12,19H,13,23H2,1H3. The van der Waals surface area contributed by atoms with Crippen LogP contribution in [-0.4, -0.2) is 23.2 Å². The predicted octanol–water partition coefficient (Wildman–Crippen LogP) is 3.92. The van der Waals surface area contributed by atoms with E-state index in [4.69, 9.17) is 15.0 Å². The third-order valence-electron chi connectivity index (χ3n) is 4.67. The summed E-state index contributed by atoms with van der Waals surface area (Å²) in [4.78, 5) is 16.4. The molecule has 1 unspecified atom stereocenters. The number of esters is 1. The zero-order chi connectivity index (χ0) is 19.5. The zero-order valence-corrected chi connectivity index (χ0v) is 15.3. The van der Waals surface area contributed by atoms with Gasteiger partial charge in [-0.15, -0.1) is 0 Å². The SMILES string of the molecule is COC(=O)c1cccc2c(-c3ccccc3C(N)Cc3ccccn3)noc12. The lowest BCUT2D eigenvalue weighted by Gasteiger charge is -2.15. The minimum absolute atomic E-state index is 0.262. The van der Waals surface area contributed by atoms with E-state index >= 15 is 0 Å². The van der Waals surface area contributed by atoms with E-state index < -0.39 is 5.97 Å². The fourth-order valence-electron chi connectivity index (χ4n) is 3.32. The highest BCUT2D eigenvalue weighted by Gasteiger charge is 2.21. The van der Waals surface area contributed by atoms with E-state index in [1.54, 1.807) is 18.3 Å². The Balaban J connectivity index is 1.78. The van der Waals surface area contributed by atoms with E-state index in [-0.39, 0.29) is 6.04 Å². The van der Waals surface area contributed by atoms with Crippen molar-refractivity contribution < 1.29 is 14.1 Å². The summed E-state index contributed by atoms with van der Waals surface area (Å²) in [5.41, 5.74) is 10.6. The highest BCUT2D eigenvalue weighted by Crippen LogP contribution is 2.34. The van der Waals surface area contributed by atoms with E-state index in [0.29, 0.717) is 23.3 Å². The van der Waals surface area contributed by atoms with Gasteiger partial charge in [0, 0.05) is 29.9 Å². The lowest BCUT2D eigenvalue weighted by Crippen LogP contribution is -2.15. The Kier molecular flexibility index (Phi) is 4.87. The smallest absolute Gasteiger partial charge is 0.341 e. The van der Waals surface area contributed by atoms with Crippen LogP contribution in [0.15, 0.2) is 71.4 Å². The highest BCUT2D eigenvalue weighted by atomic mass is 16.5. The van der Waals surface area contributed by atoms with Gasteiger partial charge in [-0.3, -0.25) is 4.98 Å². The van der Waals surface area contributed by atoms with Crippen LogP contribution in [0.3, 0.4) is 0 Å². The van der Waals surface area contributed by atoms with Crippen molar-refractivity contribution in [2.24, 2.45) is 5.73 Å².